The van der Waals surface area contributed by atoms with E-state index in [1.807, 2.05) is 6.07 Å². The zero-order valence-electron chi connectivity index (χ0n) is 12.0. The number of benzene rings is 1. The molecule has 1 aromatic rings. The van der Waals surface area contributed by atoms with E-state index in [1.54, 1.807) is 22.5 Å². The van der Waals surface area contributed by atoms with Crippen LogP contribution in [0, 0.1) is 5.92 Å². The Labute approximate surface area is 131 Å². The van der Waals surface area contributed by atoms with E-state index in [-0.39, 0.29) is 5.88 Å². The molecule has 0 radical (unpaired) electrons. The maximum Gasteiger partial charge on any atom is 0.243 e. The van der Waals surface area contributed by atoms with Gasteiger partial charge in [0.15, 0.2) is 0 Å². The Balaban J connectivity index is 1.70. The highest BCUT2D eigenvalue weighted by atomic mass is 35.5. The van der Waals surface area contributed by atoms with E-state index in [2.05, 4.69) is 4.90 Å². The molecule has 116 valence electrons. The number of nitrogens with zero attached hydrogens (tertiary/aromatic N) is 2. The lowest BCUT2D eigenvalue weighted by Crippen LogP contribution is -2.49. The van der Waals surface area contributed by atoms with E-state index in [0.29, 0.717) is 23.5 Å². The highest BCUT2D eigenvalue weighted by Crippen LogP contribution is 2.30. The molecule has 21 heavy (non-hydrogen) atoms. The summed E-state index contributed by atoms with van der Waals surface area (Å²) in [5.41, 5.74) is 0.680. The maximum absolute atomic E-state index is 12.8. The van der Waals surface area contributed by atoms with Crippen LogP contribution in [0.25, 0.3) is 0 Å². The van der Waals surface area contributed by atoms with Crippen LogP contribution >= 0.6 is 11.6 Å². The minimum Gasteiger partial charge on any atom is -0.300 e. The molecule has 0 aromatic heterocycles. The topological polar surface area (TPSA) is 40.6 Å². The van der Waals surface area contributed by atoms with Gasteiger partial charge in [-0.25, -0.2) is 8.42 Å². The Morgan fingerprint density at radius 3 is 2.38 bits per heavy atom. The fourth-order valence-electron chi connectivity index (χ4n) is 2.82. The molecule has 1 aromatic carbocycles. The fourth-order valence-corrected chi connectivity index (χ4v) is 4.78. The monoisotopic (exact) mass is 328 g/mol. The number of alkyl halides is 1. The lowest BCUT2D eigenvalue weighted by atomic mass is 10.2. The second kappa shape index (κ2) is 6.24. The van der Waals surface area contributed by atoms with Gasteiger partial charge in [0, 0.05) is 38.6 Å². The normalized spacial score (nSPS) is 21.6. The second-order valence-corrected chi connectivity index (χ2v) is 8.06. The first-order valence-corrected chi connectivity index (χ1v) is 9.45. The van der Waals surface area contributed by atoms with E-state index >= 15 is 0 Å². The lowest BCUT2D eigenvalue weighted by molar-refractivity contribution is 0.182. The van der Waals surface area contributed by atoms with Crippen molar-refractivity contribution in [2.75, 3.05) is 32.7 Å². The molecule has 2 aliphatic rings. The molecule has 0 amide bonds. The largest absolute Gasteiger partial charge is 0.300 e. The molecule has 1 saturated heterocycles. The molecule has 0 bridgehead atoms. The number of sulfonamides is 1. The summed E-state index contributed by atoms with van der Waals surface area (Å²) in [6.45, 7) is 3.95. The molecule has 4 nitrogen and oxygen atoms in total. The van der Waals surface area contributed by atoms with Gasteiger partial charge in [-0.2, -0.15) is 4.31 Å². The Morgan fingerprint density at radius 2 is 1.76 bits per heavy atom. The number of hydrogen-bond acceptors (Lipinski definition) is 3. The van der Waals surface area contributed by atoms with Crippen LogP contribution in [-0.2, 0) is 15.9 Å². The summed E-state index contributed by atoms with van der Waals surface area (Å²) in [6.07, 6.45) is 2.67. The number of rotatable bonds is 5. The summed E-state index contributed by atoms with van der Waals surface area (Å²) in [5, 5.41) is 0. The van der Waals surface area contributed by atoms with E-state index in [0.717, 1.165) is 25.6 Å². The molecule has 6 heteroatoms. The van der Waals surface area contributed by atoms with Crippen molar-refractivity contribution >= 4 is 21.6 Å². The molecule has 0 atom stereocenters. The average molecular weight is 329 g/mol. The highest BCUT2D eigenvalue weighted by molar-refractivity contribution is 7.89. The van der Waals surface area contributed by atoms with Gasteiger partial charge in [-0.15, -0.1) is 11.6 Å². The van der Waals surface area contributed by atoms with Crippen LogP contribution in [0.2, 0.25) is 0 Å². The fraction of sp³-hybridized carbons (Fsp3) is 0.600. The standard InChI is InChI=1S/C15H21ClN2O2S/c16-11-14-3-1-2-4-15(14)21(19,20)18-9-7-17(8-10-18)12-13-5-6-13/h1-4,13H,5-12H2. The molecule has 0 N–H and O–H groups in total. The summed E-state index contributed by atoms with van der Waals surface area (Å²) in [4.78, 5) is 2.74. The smallest absolute Gasteiger partial charge is 0.243 e. The molecule has 0 spiro atoms. The Bertz CT molecular complexity index is 593. The second-order valence-electron chi connectivity index (χ2n) is 5.89. The first kappa shape index (κ1) is 15.3. The zero-order chi connectivity index (χ0) is 14.9. The summed E-state index contributed by atoms with van der Waals surface area (Å²) in [7, 11) is -3.42. The van der Waals surface area contributed by atoms with Crippen LogP contribution in [0.5, 0.6) is 0 Å². The molecule has 3 rings (SSSR count). The van der Waals surface area contributed by atoms with Gasteiger partial charge in [-0.05, 0) is 30.4 Å². The van der Waals surface area contributed by atoms with Gasteiger partial charge in [-0.1, -0.05) is 18.2 Å². The van der Waals surface area contributed by atoms with Crippen LogP contribution in [-0.4, -0.2) is 50.3 Å². The van der Waals surface area contributed by atoms with Crippen molar-refractivity contribution in [3.05, 3.63) is 29.8 Å². The van der Waals surface area contributed by atoms with Crippen molar-refractivity contribution in [3.63, 3.8) is 0 Å². The third-order valence-corrected chi connectivity index (χ3v) is 6.57. The predicted octanol–water partition coefficient (Wildman–Crippen LogP) is 2.14. The van der Waals surface area contributed by atoms with E-state index < -0.39 is 10.0 Å². The van der Waals surface area contributed by atoms with Crippen LogP contribution in [0.3, 0.4) is 0 Å². The highest BCUT2D eigenvalue weighted by Gasteiger charge is 2.32. The van der Waals surface area contributed by atoms with Crippen LogP contribution in [0.4, 0.5) is 0 Å². The van der Waals surface area contributed by atoms with Gasteiger partial charge >= 0.3 is 0 Å². The van der Waals surface area contributed by atoms with Gasteiger partial charge < -0.3 is 4.90 Å². The molecule has 1 heterocycles. The molecule has 0 unspecified atom stereocenters. The summed E-state index contributed by atoms with van der Waals surface area (Å²) < 4.78 is 27.1. The molecular weight excluding hydrogens is 308 g/mol. The minimum atomic E-state index is -3.42. The third kappa shape index (κ3) is 3.42. The van der Waals surface area contributed by atoms with Crippen molar-refractivity contribution in [1.82, 2.24) is 9.21 Å². The average Bonchev–Trinajstić information content (AvgIpc) is 3.32. The lowest BCUT2D eigenvalue weighted by Gasteiger charge is -2.34. The van der Waals surface area contributed by atoms with Crippen LogP contribution in [0.1, 0.15) is 18.4 Å². The van der Waals surface area contributed by atoms with Crippen LogP contribution in [0.15, 0.2) is 29.2 Å². The van der Waals surface area contributed by atoms with Crippen LogP contribution < -0.4 is 0 Å². The van der Waals surface area contributed by atoms with Crippen molar-refractivity contribution in [3.8, 4) is 0 Å². The summed E-state index contributed by atoms with van der Waals surface area (Å²) in [6, 6.07) is 7.02. The Morgan fingerprint density at radius 1 is 1.10 bits per heavy atom. The summed E-state index contributed by atoms with van der Waals surface area (Å²) >= 11 is 5.87. The van der Waals surface area contributed by atoms with Gasteiger partial charge in [0.25, 0.3) is 0 Å². The number of halogens is 1. The Kier molecular flexibility index (Phi) is 4.54. The summed E-state index contributed by atoms with van der Waals surface area (Å²) in [5.74, 6) is 1.07. The quantitative estimate of drug-likeness (QED) is 0.778. The van der Waals surface area contributed by atoms with E-state index in [9.17, 15) is 8.42 Å². The van der Waals surface area contributed by atoms with Gasteiger partial charge in [0.1, 0.15) is 0 Å². The van der Waals surface area contributed by atoms with Crippen molar-refractivity contribution in [1.29, 1.82) is 0 Å². The molecule has 1 aliphatic carbocycles. The van der Waals surface area contributed by atoms with Crippen molar-refractivity contribution < 1.29 is 8.42 Å². The zero-order valence-corrected chi connectivity index (χ0v) is 13.6. The van der Waals surface area contributed by atoms with Gasteiger partial charge in [0.05, 0.1) is 4.90 Å². The Hall–Kier alpha value is -0.620. The first-order valence-electron chi connectivity index (χ1n) is 7.47. The molecular formula is C15H21ClN2O2S. The minimum absolute atomic E-state index is 0.219. The van der Waals surface area contributed by atoms with E-state index in [4.69, 9.17) is 11.6 Å². The maximum atomic E-state index is 12.8. The molecule has 1 aliphatic heterocycles. The first-order chi connectivity index (χ1) is 10.1. The van der Waals surface area contributed by atoms with Crippen molar-refractivity contribution in [2.24, 2.45) is 5.92 Å². The number of piperazine rings is 1. The van der Waals surface area contributed by atoms with E-state index in [1.165, 1.54) is 12.8 Å². The van der Waals surface area contributed by atoms with Crippen molar-refractivity contribution in [2.45, 2.75) is 23.6 Å². The van der Waals surface area contributed by atoms with Gasteiger partial charge in [-0.3, -0.25) is 0 Å². The molecule has 1 saturated carbocycles. The molecule has 2 fully saturated rings. The SMILES string of the molecule is O=S(=O)(c1ccccc1CCl)N1CCN(CC2CC2)CC1. The number of hydrogen-bond donors (Lipinski definition) is 0. The van der Waals surface area contributed by atoms with Gasteiger partial charge in [0.2, 0.25) is 10.0 Å². The third-order valence-electron chi connectivity index (χ3n) is 4.28. The predicted molar refractivity (Wildman–Crippen MR) is 83.9 cm³/mol.